The van der Waals surface area contributed by atoms with Crippen LogP contribution in [0.3, 0.4) is 0 Å². The third kappa shape index (κ3) is 3.56. The molecule has 26 heavy (non-hydrogen) atoms. The molecule has 0 aliphatic heterocycles. The zero-order valence-electron chi connectivity index (χ0n) is 16.0. The van der Waals surface area contributed by atoms with E-state index in [0.717, 1.165) is 41.6 Å². The molecular formula is C22H31NO3. The van der Waals surface area contributed by atoms with E-state index in [1.165, 1.54) is 32.1 Å². The van der Waals surface area contributed by atoms with Gasteiger partial charge in [-0.25, -0.2) is 0 Å². The zero-order valence-corrected chi connectivity index (χ0v) is 16.0. The first kappa shape index (κ1) is 17.7. The van der Waals surface area contributed by atoms with E-state index < -0.39 is 0 Å². The zero-order chi connectivity index (χ0) is 18.1. The Balaban J connectivity index is 1.23. The van der Waals surface area contributed by atoms with Crippen LogP contribution in [-0.2, 0) is 4.79 Å². The molecule has 4 aliphatic rings. The number of benzene rings is 1. The van der Waals surface area contributed by atoms with Crippen molar-refractivity contribution in [1.82, 2.24) is 4.90 Å². The maximum Gasteiger partial charge on any atom is 0.222 e. The van der Waals surface area contributed by atoms with Gasteiger partial charge < -0.3 is 14.4 Å². The van der Waals surface area contributed by atoms with Crippen molar-refractivity contribution in [3.8, 4) is 11.5 Å². The largest absolute Gasteiger partial charge is 0.497 e. The second kappa shape index (κ2) is 7.50. The first-order chi connectivity index (χ1) is 12.6. The van der Waals surface area contributed by atoms with Gasteiger partial charge in [0.1, 0.15) is 11.5 Å². The number of carbonyl (C=O) groups excluding carboxylic acids is 1. The maximum absolute atomic E-state index is 12.7. The summed E-state index contributed by atoms with van der Waals surface area (Å²) in [6.45, 7) is 0.577. The average molecular weight is 357 g/mol. The standard InChI is InChI=1S/C22H31NO3/c1-23(22-17-11-15-10-16(13-17)14-18(22)12-15)21(24)4-3-9-26-20-7-5-19(25-2)6-8-20/h5-8,15-18,22H,3-4,9-14H2,1-2H3. The van der Waals surface area contributed by atoms with E-state index in [0.29, 0.717) is 25.0 Å². The Hall–Kier alpha value is -1.71. The first-order valence-electron chi connectivity index (χ1n) is 10.2. The highest BCUT2D eigenvalue weighted by atomic mass is 16.5. The minimum absolute atomic E-state index is 0.292. The molecule has 5 rings (SSSR count). The molecule has 1 aromatic rings. The van der Waals surface area contributed by atoms with Gasteiger partial charge in [0, 0.05) is 19.5 Å². The topological polar surface area (TPSA) is 38.8 Å². The summed E-state index contributed by atoms with van der Waals surface area (Å²) in [6.07, 6.45) is 8.23. The fourth-order valence-electron chi connectivity index (χ4n) is 5.96. The van der Waals surface area contributed by atoms with Crippen LogP contribution < -0.4 is 9.47 Å². The lowest BCUT2D eigenvalue weighted by Crippen LogP contribution is -2.56. The van der Waals surface area contributed by atoms with Crippen molar-refractivity contribution < 1.29 is 14.3 Å². The van der Waals surface area contributed by atoms with E-state index in [4.69, 9.17) is 9.47 Å². The van der Waals surface area contributed by atoms with Crippen molar-refractivity contribution in [3.05, 3.63) is 24.3 Å². The molecule has 4 bridgehead atoms. The van der Waals surface area contributed by atoms with Gasteiger partial charge in [-0.2, -0.15) is 0 Å². The Bertz CT molecular complexity index is 599. The number of hydrogen-bond donors (Lipinski definition) is 0. The van der Waals surface area contributed by atoms with Crippen LogP contribution in [-0.4, -0.2) is 37.6 Å². The summed E-state index contributed by atoms with van der Waals surface area (Å²) in [5, 5.41) is 0. The molecule has 0 spiro atoms. The smallest absolute Gasteiger partial charge is 0.222 e. The van der Waals surface area contributed by atoms with Gasteiger partial charge in [-0.1, -0.05) is 0 Å². The molecule has 142 valence electrons. The van der Waals surface area contributed by atoms with Gasteiger partial charge in [-0.15, -0.1) is 0 Å². The molecule has 4 fully saturated rings. The normalized spacial score (nSPS) is 31.7. The predicted molar refractivity (Wildman–Crippen MR) is 101 cm³/mol. The Morgan fingerprint density at radius 2 is 1.58 bits per heavy atom. The summed E-state index contributed by atoms with van der Waals surface area (Å²) in [4.78, 5) is 14.8. The van der Waals surface area contributed by atoms with Crippen molar-refractivity contribution >= 4 is 5.91 Å². The molecule has 0 atom stereocenters. The molecule has 4 saturated carbocycles. The molecule has 1 amide bonds. The minimum atomic E-state index is 0.292. The van der Waals surface area contributed by atoms with Gasteiger partial charge in [0.2, 0.25) is 5.91 Å². The summed E-state index contributed by atoms with van der Waals surface area (Å²) in [5.74, 6) is 5.37. The SMILES string of the molecule is COc1ccc(OCCCC(=O)N(C)C2C3CC4CC(C3)CC2C4)cc1. The monoisotopic (exact) mass is 357 g/mol. The second-order valence-electron chi connectivity index (χ2n) is 8.55. The number of rotatable bonds is 7. The summed E-state index contributed by atoms with van der Waals surface area (Å²) in [5.41, 5.74) is 0. The van der Waals surface area contributed by atoms with E-state index >= 15 is 0 Å². The molecule has 1 aromatic carbocycles. The highest BCUT2D eigenvalue weighted by Crippen LogP contribution is 2.55. The van der Waals surface area contributed by atoms with E-state index in [1.807, 2.05) is 31.3 Å². The third-order valence-electron chi connectivity index (χ3n) is 6.88. The molecule has 4 nitrogen and oxygen atoms in total. The number of hydrogen-bond acceptors (Lipinski definition) is 3. The van der Waals surface area contributed by atoms with Crippen LogP contribution in [0.1, 0.15) is 44.9 Å². The highest BCUT2D eigenvalue weighted by molar-refractivity contribution is 5.76. The third-order valence-corrected chi connectivity index (χ3v) is 6.88. The summed E-state index contributed by atoms with van der Waals surface area (Å²) in [7, 11) is 3.70. The fourth-order valence-corrected chi connectivity index (χ4v) is 5.96. The lowest BCUT2D eigenvalue weighted by Gasteiger charge is -2.56. The number of amides is 1. The van der Waals surface area contributed by atoms with Crippen LogP contribution in [0.4, 0.5) is 0 Å². The van der Waals surface area contributed by atoms with Crippen molar-refractivity contribution in [3.63, 3.8) is 0 Å². The van der Waals surface area contributed by atoms with Crippen molar-refractivity contribution in [2.45, 2.75) is 51.0 Å². The molecule has 0 radical (unpaired) electrons. The summed E-state index contributed by atoms with van der Waals surface area (Å²) >= 11 is 0. The van der Waals surface area contributed by atoms with Gasteiger partial charge in [-0.05, 0) is 86.5 Å². The van der Waals surface area contributed by atoms with Crippen molar-refractivity contribution in [1.29, 1.82) is 0 Å². The Kier molecular flexibility index (Phi) is 5.10. The van der Waals surface area contributed by atoms with Gasteiger partial charge in [-0.3, -0.25) is 4.79 Å². The quantitative estimate of drug-likeness (QED) is 0.689. The Labute approximate surface area is 156 Å². The van der Waals surface area contributed by atoms with E-state index in [9.17, 15) is 4.79 Å². The second-order valence-corrected chi connectivity index (χ2v) is 8.55. The number of ether oxygens (including phenoxy) is 2. The minimum Gasteiger partial charge on any atom is -0.497 e. The van der Waals surface area contributed by atoms with Crippen LogP contribution in [0, 0.1) is 23.7 Å². The first-order valence-corrected chi connectivity index (χ1v) is 10.2. The van der Waals surface area contributed by atoms with Crippen LogP contribution in [0.2, 0.25) is 0 Å². The molecule has 4 heteroatoms. The fraction of sp³-hybridized carbons (Fsp3) is 0.682. The Morgan fingerprint density at radius 3 is 2.15 bits per heavy atom. The van der Waals surface area contributed by atoms with Crippen LogP contribution in [0.5, 0.6) is 11.5 Å². The number of carbonyl (C=O) groups is 1. The van der Waals surface area contributed by atoms with Crippen LogP contribution in [0.15, 0.2) is 24.3 Å². The van der Waals surface area contributed by atoms with Gasteiger partial charge in [0.05, 0.1) is 13.7 Å². The molecule has 0 aromatic heterocycles. The van der Waals surface area contributed by atoms with E-state index in [-0.39, 0.29) is 0 Å². The number of nitrogens with zero attached hydrogens (tertiary/aromatic N) is 1. The van der Waals surface area contributed by atoms with Crippen molar-refractivity contribution in [2.24, 2.45) is 23.7 Å². The van der Waals surface area contributed by atoms with E-state index in [2.05, 4.69) is 4.90 Å². The van der Waals surface area contributed by atoms with E-state index in [1.54, 1.807) is 7.11 Å². The maximum atomic E-state index is 12.7. The van der Waals surface area contributed by atoms with Crippen LogP contribution in [0.25, 0.3) is 0 Å². The summed E-state index contributed by atoms with van der Waals surface area (Å²) < 4.78 is 10.9. The lowest BCUT2D eigenvalue weighted by molar-refractivity contribution is -0.141. The predicted octanol–water partition coefficient (Wildman–Crippen LogP) is 4.14. The Morgan fingerprint density at radius 1 is 1.00 bits per heavy atom. The lowest BCUT2D eigenvalue weighted by atomic mass is 9.54. The molecule has 4 aliphatic carbocycles. The van der Waals surface area contributed by atoms with Gasteiger partial charge in [0.15, 0.2) is 0 Å². The summed E-state index contributed by atoms with van der Waals surface area (Å²) in [6, 6.07) is 8.09. The molecule has 0 heterocycles. The molecule has 0 N–H and O–H groups in total. The molecule has 0 saturated heterocycles. The van der Waals surface area contributed by atoms with Gasteiger partial charge >= 0.3 is 0 Å². The van der Waals surface area contributed by atoms with Crippen LogP contribution >= 0.6 is 0 Å². The molecular weight excluding hydrogens is 326 g/mol. The number of methoxy groups -OCH3 is 1. The average Bonchev–Trinajstić information content (AvgIpc) is 2.64. The highest BCUT2D eigenvalue weighted by Gasteiger charge is 2.50. The van der Waals surface area contributed by atoms with Gasteiger partial charge in [0.25, 0.3) is 0 Å². The molecule has 0 unspecified atom stereocenters. The van der Waals surface area contributed by atoms with Crippen molar-refractivity contribution in [2.75, 3.05) is 20.8 Å².